The van der Waals surface area contributed by atoms with Gasteiger partial charge in [-0.25, -0.2) is 4.39 Å². The van der Waals surface area contributed by atoms with Gasteiger partial charge in [0.25, 0.3) is 5.91 Å². The summed E-state index contributed by atoms with van der Waals surface area (Å²) in [5.41, 5.74) is 1.18. The van der Waals surface area contributed by atoms with Crippen LogP contribution in [0.15, 0.2) is 42.5 Å². The van der Waals surface area contributed by atoms with Crippen LogP contribution < -0.4 is 14.8 Å². The minimum Gasteiger partial charge on any atom is -0.483 e. The molecule has 1 heterocycles. The van der Waals surface area contributed by atoms with Gasteiger partial charge in [-0.15, -0.1) is 0 Å². The van der Waals surface area contributed by atoms with Crippen LogP contribution in [-0.2, 0) is 16.0 Å². The highest BCUT2D eigenvalue weighted by atomic mass is 19.1. The van der Waals surface area contributed by atoms with Gasteiger partial charge >= 0.3 is 5.97 Å². The number of hydrogen-bond acceptors (Lipinski definition) is 4. The number of para-hydroxylation sites is 1. The SMILES string of the molecule is CC1(C)Cc2cccc(OCC(=O)NC(CC(=O)O)c3ccc(F)cc3)c2O1. The molecular formula is C21H22FNO5. The van der Waals surface area contributed by atoms with Crippen molar-refractivity contribution in [3.63, 3.8) is 0 Å². The third-order valence-corrected chi connectivity index (χ3v) is 4.40. The zero-order chi connectivity index (χ0) is 20.3. The highest BCUT2D eigenvalue weighted by Crippen LogP contribution is 2.41. The van der Waals surface area contributed by atoms with Crippen LogP contribution in [0, 0.1) is 5.82 Å². The number of halogens is 1. The Labute approximate surface area is 162 Å². The molecule has 148 valence electrons. The van der Waals surface area contributed by atoms with Gasteiger partial charge in [0.2, 0.25) is 0 Å². The van der Waals surface area contributed by atoms with Crippen LogP contribution in [0.5, 0.6) is 11.5 Å². The van der Waals surface area contributed by atoms with Crippen molar-refractivity contribution in [1.82, 2.24) is 5.32 Å². The van der Waals surface area contributed by atoms with Crippen LogP contribution in [0.1, 0.15) is 37.4 Å². The molecule has 0 aromatic heterocycles. The second-order valence-corrected chi connectivity index (χ2v) is 7.34. The highest BCUT2D eigenvalue weighted by molar-refractivity contribution is 5.79. The topological polar surface area (TPSA) is 84.9 Å². The van der Waals surface area contributed by atoms with E-state index in [1.54, 1.807) is 6.07 Å². The third-order valence-electron chi connectivity index (χ3n) is 4.40. The molecule has 3 rings (SSSR count). The van der Waals surface area contributed by atoms with Crippen molar-refractivity contribution >= 4 is 11.9 Å². The van der Waals surface area contributed by atoms with Crippen molar-refractivity contribution < 1.29 is 28.6 Å². The minimum atomic E-state index is -1.08. The quantitative estimate of drug-likeness (QED) is 0.762. The fourth-order valence-electron chi connectivity index (χ4n) is 3.20. The summed E-state index contributed by atoms with van der Waals surface area (Å²) in [5.74, 6) is -0.901. The standard InChI is InChI=1S/C21H22FNO5/c1-21(2)11-14-4-3-5-17(20(14)28-21)27-12-18(24)23-16(10-19(25)26)13-6-8-15(22)9-7-13/h3-9,16H,10-12H2,1-2H3,(H,23,24)(H,25,26). The molecule has 1 atom stereocenters. The largest absolute Gasteiger partial charge is 0.483 e. The lowest BCUT2D eigenvalue weighted by Crippen LogP contribution is -2.34. The summed E-state index contributed by atoms with van der Waals surface area (Å²) in [6.45, 7) is 3.66. The number of benzene rings is 2. The number of ether oxygens (including phenoxy) is 2. The van der Waals surface area contributed by atoms with E-state index in [-0.39, 0.29) is 18.6 Å². The van der Waals surface area contributed by atoms with Crippen LogP contribution in [0.2, 0.25) is 0 Å². The zero-order valence-electron chi connectivity index (χ0n) is 15.7. The molecule has 0 radical (unpaired) electrons. The molecule has 1 aliphatic rings. The highest BCUT2D eigenvalue weighted by Gasteiger charge is 2.32. The Morgan fingerprint density at radius 2 is 1.96 bits per heavy atom. The molecule has 1 amide bonds. The summed E-state index contributed by atoms with van der Waals surface area (Å²) < 4.78 is 24.6. The first kappa shape index (κ1) is 19.7. The number of aliphatic carboxylic acids is 1. The monoisotopic (exact) mass is 387 g/mol. The fraction of sp³-hybridized carbons (Fsp3) is 0.333. The van der Waals surface area contributed by atoms with Crippen LogP contribution in [0.25, 0.3) is 0 Å². The van der Waals surface area contributed by atoms with Gasteiger partial charge in [0.15, 0.2) is 18.1 Å². The van der Waals surface area contributed by atoms with E-state index in [2.05, 4.69) is 5.32 Å². The predicted molar refractivity (Wildman–Crippen MR) is 99.9 cm³/mol. The zero-order valence-corrected chi connectivity index (χ0v) is 15.7. The maximum atomic E-state index is 13.1. The molecule has 0 saturated heterocycles. The molecule has 28 heavy (non-hydrogen) atoms. The molecule has 2 aromatic rings. The van der Waals surface area contributed by atoms with Crippen molar-refractivity contribution in [3.8, 4) is 11.5 Å². The molecular weight excluding hydrogens is 365 g/mol. The minimum absolute atomic E-state index is 0.294. The lowest BCUT2D eigenvalue weighted by atomic mass is 10.0. The Morgan fingerprint density at radius 1 is 1.25 bits per heavy atom. The van der Waals surface area contributed by atoms with Crippen LogP contribution in [0.4, 0.5) is 4.39 Å². The van der Waals surface area contributed by atoms with Crippen molar-refractivity contribution in [2.45, 2.75) is 38.3 Å². The normalized spacial score (nSPS) is 15.2. The molecule has 0 bridgehead atoms. The van der Waals surface area contributed by atoms with E-state index in [9.17, 15) is 14.0 Å². The second kappa shape index (κ2) is 7.88. The molecule has 0 saturated carbocycles. The molecule has 0 aliphatic carbocycles. The summed E-state index contributed by atoms with van der Waals surface area (Å²) in [7, 11) is 0. The van der Waals surface area contributed by atoms with E-state index in [1.807, 2.05) is 26.0 Å². The number of hydrogen-bond donors (Lipinski definition) is 2. The van der Waals surface area contributed by atoms with Gasteiger partial charge in [-0.3, -0.25) is 9.59 Å². The first-order valence-corrected chi connectivity index (χ1v) is 8.94. The first-order chi connectivity index (χ1) is 13.2. The van der Waals surface area contributed by atoms with E-state index < -0.39 is 23.7 Å². The predicted octanol–water partition coefficient (Wildman–Crippen LogP) is 3.25. The summed E-state index contributed by atoms with van der Waals surface area (Å²) >= 11 is 0. The van der Waals surface area contributed by atoms with Gasteiger partial charge in [0.1, 0.15) is 11.4 Å². The van der Waals surface area contributed by atoms with E-state index in [0.717, 1.165) is 12.0 Å². The number of nitrogens with one attached hydrogen (secondary N) is 1. The Morgan fingerprint density at radius 3 is 2.64 bits per heavy atom. The number of amides is 1. The van der Waals surface area contributed by atoms with Crippen molar-refractivity contribution in [2.75, 3.05) is 6.61 Å². The average molecular weight is 387 g/mol. The van der Waals surface area contributed by atoms with Gasteiger partial charge in [-0.1, -0.05) is 24.3 Å². The van der Waals surface area contributed by atoms with Gasteiger partial charge in [0.05, 0.1) is 12.5 Å². The van der Waals surface area contributed by atoms with Crippen molar-refractivity contribution in [3.05, 3.63) is 59.4 Å². The van der Waals surface area contributed by atoms with E-state index in [0.29, 0.717) is 17.1 Å². The molecule has 1 unspecified atom stereocenters. The molecule has 0 spiro atoms. The number of fused-ring (bicyclic) bond motifs is 1. The van der Waals surface area contributed by atoms with E-state index in [4.69, 9.17) is 14.6 Å². The number of rotatable bonds is 7. The van der Waals surface area contributed by atoms with Crippen LogP contribution in [-0.4, -0.2) is 29.2 Å². The summed E-state index contributed by atoms with van der Waals surface area (Å²) in [6.07, 6.45) is 0.423. The van der Waals surface area contributed by atoms with Crippen LogP contribution >= 0.6 is 0 Å². The number of carboxylic acid groups (broad SMARTS) is 1. The Balaban J connectivity index is 1.65. The first-order valence-electron chi connectivity index (χ1n) is 8.94. The van der Waals surface area contributed by atoms with Crippen molar-refractivity contribution in [1.29, 1.82) is 0 Å². The van der Waals surface area contributed by atoms with Crippen molar-refractivity contribution in [2.24, 2.45) is 0 Å². The molecule has 0 fully saturated rings. The lowest BCUT2D eigenvalue weighted by Gasteiger charge is -2.19. The maximum absolute atomic E-state index is 13.1. The molecule has 7 heteroatoms. The van der Waals surface area contributed by atoms with Gasteiger partial charge in [-0.2, -0.15) is 0 Å². The molecule has 6 nitrogen and oxygen atoms in total. The van der Waals surface area contributed by atoms with Gasteiger partial charge in [0, 0.05) is 12.0 Å². The summed E-state index contributed by atoms with van der Waals surface area (Å²) in [4.78, 5) is 23.5. The number of carbonyl (C=O) groups is 2. The number of carbonyl (C=O) groups excluding carboxylic acids is 1. The van der Waals surface area contributed by atoms with Gasteiger partial charge in [-0.05, 0) is 37.6 Å². The molecule has 2 aromatic carbocycles. The third kappa shape index (κ3) is 4.79. The van der Waals surface area contributed by atoms with E-state index >= 15 is 0 Å². The smallest absolute Gasteiger partial charge is 0.305 e. The lowest BCUT2D eigenvalue weighted by molar-refractivity contribution is -0.137. The Kier molecular flexibility index (Phi) is 5.53. The molecule has 2 N–H and O–H groups in total. The second-order valence-electron chi connectivity index (χ2n) is 7.34. The Hall–Kier alpha value is -3.09. The number of carboxylic acids is 1. The van der Waals surface area contributed by atoms with Crippen LogP contribution in [0.3, 0.4) is 0 Å². The fourth-order valence-corrected chi connectivity index (χ4v) is 3.20. The average Bonchev–Trinajstić information content (AvgIpc) is 2.94. The molecule has 1 aliphatic heterocycles. The van der Waals surface area contributed by atoms with E-state index in [1.165, 1.54) is 24.3 Å². The van der Waals surface area contributed by atoms with Gasteiger partial charge < -0.3 is 19.9 Å². The summed E-state index contributed by atoms with van der Waals surface area (Å²) in [6, 6.07) is 10.1. The Bertz CT molecular complexity index is 879. The summed E-state index contributed by atoms with van der Waals surface area (Å²) in [5, 5.41) is 11.7. The maximum Gasteiger partial charge on any atom is 0.305 e.